The number of nitrogens with two attached hydrogens (primary N) is 1. The van der Waals surface area contributed by atoms with Crippen molar-refractivity contribution in [2.45, 2.75) is 19.4 Å². The zero-order chi connectivity index (χ0) is 19.6. The van der Waals surface area contributed by atoms with Crippen LogP contribution in [0.15, 0.2) is 60.7 Å². The molecule has 7 heteroatoms. The Hall–Kier alpha value is -1.79. The van der Waals surface area contributed by atoms with Gasteiger partial charge in [-0.2, -0.15) is 0 Å². The number of halogens is 2. The highest BCUT2D eigenvalue weighted by atomic mass is 35.5. The van der Waals surface area contributed by atoms with Gasteiger partial charge in [0.2, 0.25) is 5.91 Å². The van der Waals surface area contributed by atoms with E-state index >= 15 is 0 Å². The Kier molecular flexibility index (Phi) is 12.5. The van der Waals surface area contributed by atoms with Crippen LogP contribution in [0.4, 0.5) is 5.69 Å². The molecule has 0 atom stereocenters. The first-order chi connectivity index (χ1) is 13.8. The van der Waals surface area contributed by atoms with Crippen molar-refractivity contribution in [3.63, 3.8) is 0 Å². The Morgan fingerprint density at radius 3 is 2.10 bits per heavy atom. The Morgan fingerprint density at radius 1 is 0.900 bits per heavy atom. The van der Waals surface area contributed by atoms with E-state index in [4.69, 9.17) is 5.73 Å². The summed E-state index contributed by atoms with van der Waals surface area (Å²) in [6.45, 7) is 6.87. The first-order valence-corrected chi connectivity index (χ1v) is 10.3. The fraction of sp³-hybridized carbons (Fsp3) is 0.435. The zero-order valence-electron chi connectivity index (χ0n) is 17.5. The SMILES string of the molecule is Cl.Cl.NCCCN(Cc1ccccc1)C(=O)CCN1CCN(c2ccccc2)CC1. The molecule has 0 aromatic heterocycles. The molecule has 0 spiro atoms. The molecule has 0 radical (unpaired) electrons. The third kappa shape index (κ3) is 8.15. The third-order valence-electron chi connectivity index (χ3n) is 5.34. The molecule has 0 unspecified atom stereocenters. The average molecular weight is 453 g/mol. The largest absolute Gasteiger partial charge is 0.369 e. The number of hydrogen-bond acceptors (Lipinski definition) is 4. The number of nitrogens with zero attached hydrogens (tertiary/aromatic N) is 3. The van der Waals surface area contributed by atoms with Crippen molar-refractivity contribution in [1.29, 1.82) is 0 Å². The number of para-hydroxylation sites is 1. The van der Waals surface area contributed by atoms with Crippen LogP contribution in [0, 0.1) is 0 Å². The van der Waals surface area contributed by atoms with Gasteiger partial charge in [0.1, 0.15) is 0 Å². The molecule has 1 heterocycles. The minimum Gasteiger partial charge on any atom is -0.369 e. The molecule has 2 aromatic carbocycles. The molecule has 30 heavy (non-hydrogen) atoms. The van der Waals surface area contributed by atoms with Gasteiger partial charge in [-0.1, -0.05) is 48.5 Å². The molecule has 3 rings (SSSR count). The van der Waals surface area contributed by atoms with E-state index in [0.29, 0.717) is 19.5 Å². The number of carbonyl (C=O) groups excluding carboxylic acids is 1. The smallest absolute Gasteiger partial charge is 0.224 e. The van der Waals surface area contributed by atoms with Crippen molar-refractivity contribution in [1.82, 2.24) is 9.80 Å². The van der Waals surface area contributed by atoms with Gasteiger partial charge in [0.15, 0.2) is 0 Å². The van der Waals surface area contributed by atoms with Crippen molar-refractivity contribution >= 4 is 36.4 Å². The molecule has 0 aliphatic carbocycles. The minimum atomic E-state index is 0. The first-order valence-electron chi connectivity index (χ1n) is 10.3. The monoisotopic (exact) mass is 452 g/mol. The van der Waals surface area contributed by atoms with Crippen LogP contribution in [0.1, 0.15) is 18.4 Å². The lowest BCUT2D eigenvalue weighted by Crippen LogP contribution is -2.47. The number of amides is 1. The molecule has 1 aliphatic heterocycles. The molecule has 1 amide bonds. The van der Waals surface area contributed by atoms with Crippen LogP contribution >= 0.6 is 24.8 Å². The molecule has 166 valence electrons. The second-order valence-electron chi connectivity index (χ2n) is 7.36. The summed E-state index contributed by atoms with van der Waals surface area (Å²) in [7, 11) is 0. The fourth-order valence-electron chi connectivity index (χ4n) is 3.66. The molecule has 2 N–H and O–H groups in total. The van der Waals surface area contributed by atoms with E-state index in [1.165, 1.54) is 11.3 Å². The predicted molar refractivity (Wildman–Crippen MR) is 130 cm³/mol. The van der Waals surface area contributed by atoms with E-state index in [-0.39, 0.29) is 30.7 Å². The van der Waals surface area contributed by atoms with Crippen LogP contribution in [-0.4, -0.2) is 61.5 Å². The van der Waals surface area contributed by atoms with Gasteiger partial charge in [0.25, 0.3) is 0 Å². The maximum Gasteiger partial charge on any atom is 0.224 e. The van der Waals surface area contributed by atoms with Crippen LogP contribution in [0.5, 0.6) is 0 Å². The van der Waals surface area contributed by atoms with E-state index < -0.39 is 0 Å². The van der Waals surface area contributed by atoms with E-state index in [9.17, 15) is 4.79 Å². The first kappa shape index (κ1) is 26.2. The lowest BCUT2D eigenvalue weighted by Gasteiger charge is -2.36. The Balaban J connectivity index is 0.00000225. The number of carbonyl (C=O) groups is 1. The number of benzene rings is 2. The number of rotatable bonds is 9. The Morgan fingerprint density at radius 2 is 1.50 bits per heavy atom. The summed E-state index contributed by atoms with van der Waals surface area (Å²) < 4.78 is 0. The summed E-state index contributed by atoms with van der Waals surface area (Å²) in [5.74, 6) is 0.225. The van der Waals surface area contributed by atoms with Crippen LogP contribution in [-0.2, 0) is 11.3 Å². The fourth-order valence-corrected chi connectivity index (χ4v) is 3.66. The van der Waals surface area contributed by atoms with Crippen LogP contribution in [0.2, 0.25) is 0 Å². The van der Waals surface area contributed by atoms with Crippen molar-refractivity contribution in [2.75, 3.05) is 50.7 Å². The Bertz CT molecular complexity index is 710. The van der Waals surface area contributed by atoms with Gasteiger partial charge in [-0.15, -0.1) is 24.8 Å². The van der Waals surface area contributed by atoms with E-state index in [2.05, 4.69) is 52.3 Å². The van der Waals surface area contributed by atoms with Crippen molar-refractivity contribution < 1.29 is 4.79 Å². The molecule has 2 aromatic rings. The van der Waals surface area contributed by atoms with E-state index in [0.717, 1.165) is 45.7 Å². The standard InChI is InChI=1S/C23H32N4O.2ClH/c24-13-7-14-27(20-21-8-3-1-4-9-21)23(28)12-15-25-16-18-26(19-17-25)22-10-5-2-6-11-22;;/h1-6,8-11H,7,12-20,24H2;2*1H. The topological polar surface area (TPSA) is 52.8 Å². The molecule has 1 saturated heterocycles. The molecule has 5 nitrogen and oxygen atoms in total. The van der Waals surface area contributed by atoms with Crippen molar-refractivity contribution in [2.24, 2.45) is 5.73 Å². The normalized spacial score (nSPS) is 13.8. The summed E-state index contributed by atoms with van der Waals surface area (Å²) in [6.07, 6.45) is 1.41. The summed E-state index contributed by atoms with van der Waals surface area (Å²) in [5.41, 5.74) is 8.13. The molecule has 0 saturated carbocycles. The molecule has 1 aliphatic rings. The third-order valence-corrected chi connectivity index (χ3v) is 5.34. The average Bonchev–Trinajstić information content (AvgIpc) is 2.76. The predicted octanol–water partition coefficient (Wildman–Crippen LogP) is 3.42. The van der Waals surface area contributed by atoms with Gasteiger partial charge < -0.3 is 15.5 Å². The maximum absolute atomic E-state index is 12.8. The van der Waals surface area contributed by atoms with Gasteiger partial charge >= 0.3 is 0 Å². The molecular formula is C23H34Cl2N4O. The van der Waals surface area contributed by atoms with Gasteiger partial charge in [-0.25, -0.2) is 0 Å². The summed E-state index contributed by atoms with van der Waals surface area (Å²) in [5, 5.41) is 0. The molecule has 1 fully saturated rings. The van der Waals surface area contributed by atoms with Crippen molar-refractivity contribution in [3.8, 4) is 0 Å². The number of piperazine rings is 1. The minimum absolute atomic E-state index is 0. The number of anilines is 1. The van der Waals surface area contributed by atoms with Crippen LogP contribution < -0.4 is 10.6 Å². The molecule has 0 bridgehead atoms. The highest BCUT2D eigenvalue weighted by Crippen LogP contribution is 2.16. The zero-order valence-corrected chi connectivity index (χ0v) is 19.1. The summed E-state index contributed by atoms with van der Waals surface area (Å²) in [4.78, 5) is 19.6. The summed E-state index contributed by atoms with van der Waals surface area (Å²) >= 11 is 0. The van der Waals surface area contributed by atoms with Crippen molar-refractivity contribution in [3.05, 3.63) is 66.2 Å². The lowest BCUT2D eigenvalue weighted by molar-refractivity contribution is -0.132. The van der Waals surface area contributed by atoms with Crippen LogP contribution in [0.25, 0.3) is 0 Å². The van der Waals surface area contributed by atoms with Gasteiger partial charge in [-0.05, 0) is 30.7 Å². The van der Waals surface area contributed by atoms with Gasteiger partial charge in [-0.3, -0.25) is 9.69 Å². The van der Waals surface area contributed by atoms with E-state index in [1.807, 2.05) is 23.1 Å². The lowest BCUT2D eigenvalue weighted by atomic mass is 10.2. The van der Waals surface area contributed by atoms with Gasteiger partial charge in [0, 0.05) is 57.9 Å². The van der Waals surface area contributed by atoms with E-state index in [1.54, 1.807) is 0 Å². The maximum atomic E-state index is 12.8. The second kappa shape index (κ2) is 14.3. The van der Waals surface area contributed by atoms with Crippen LogP contribution in [0.3, 0.4) is 0 Å². The summed E-state index contributed by atoms with van der Waals surface area (Å²) in [6, 6.07) is 20.8. The van der Waals surface area contributed by atoms with Gasteiger partial charge in [0.05, 0.1) is 0 Å². The molecular weight excluding hydrogens is 419 g/mol. The second-order valence-corrected chi connectivity index (χ2v) is 7.36. The highest BCUT2D eigenvalue weighted by Gasteiger charge is 2.19. The number of hydrogen-bond donors (Lipinski definition) is 1. The quantitative estimate of drug-likeness (QED) is 0.632. The Labute approximate surface area is 193 Å². The highest BCUT2D eigenvalue weighted by molar-refractivity contribution is 5.85.